The highest BCUT2D eigenvalue weighted by atomic mass is 15.3. The molecule has 0 aliphatic rings. The molecule has 0 saturated heterocycles. The van der Waals surface area contributed by atoms with Crippen LogP contribution in [-0.4, -0.2) is 19.6 Å². The van der Waals surface area contributed by atoms with E-state index in [2.05, 4.69) is 28.6 Å². The Kier molecular flexibility index (Phi) is 3.28. The van der Waals surface area contributed by atoms with Crippen LogP contribution in [0, 0.1) is 13.8 Å². The average molecular weight is 233 g/mol. The van der Waals surface area contributed by atoms with Crippen LogP contribution in [0.2, 0.25) is 0 Å². The van der Waals surface area contributed by atoms with Gasteiger partial charge in [0.1, 0.15) is 0 Å². The number of hydrogen-bond acceptors (Lipinski definition) is 3. The minimum Gasteiger partial charge on any atom is -0.307 e. The summed E-state index contributed by atoms with van der Waals surface area (Å²) in [6.45, 7) is 5.78. The zero-order valence-electron chi connectivity index (χ0n) is 10.9. The van der Waals surface area contributed by atoms with E-state index in [1.54, 1.807) is 0 Å². The second kappa shape index (κ2) is 4.71. The molecule has 1 N–H and O–H groups in total. The SMILES string of the molecule is Cc1cnn(C)c1CNCc1cn(C)nc1C. The van der Waals surface area contributed by atoms with Gasteiger partial charge in [-0.1, -0.05) is 0 Å². The molecule has 2 aromatic heterocycles. The van der Waals surface area contributed by atoms with Gasteiger partial charge in [0.2, 0.25) is 0 Å². The molecule has 0 aliphatic heterocycles. The van der Waals surface area contributed by atoms with Gasteiger partial charge in [-0.2, -0.15) is 10.2 Å². The number of nitrogens with zero attached hydrogens (tertiary/aromatic N) is 4. The number of nitrogens with one attached hydrogen (secondary N) is 1. The Morgan fingerprint density at radius 3 is 2.53 bits per heavy atom. The van der Waals surface area contributed by atoms with E-state index in [1.165, 1.54) is 16.8 Å². The summed E-state index contributed by atoms with van der Waals surface area (Å²) in [4.78, 5) is 0. The number of hydrogen-bond donors (Lipinski definition) is 1. The Bertz CT molecular complexity index is 489. The Balaban J connectivity index is 1.94. The van der Waals surface area contributed by atoms with Crippen molar-refractivity contribution in [1.82, 2.24) is 24.9 Å². The van der Waals surface area contributed by atoms with Crippen LogP contribution in [0.25, 0.3) is 0 Å². The summed E-state index contributed by atoms with van der Waals surface area (Å²) in [5, 5.41) is 12.0. The van der Waals surface area contributed by atoms with Crippen LogP contribution in [0.15, 0.2) is 12.4 Å². The zero-order valence-corrected chi connectivity index (χ0v) is 10.9. The van der Waals surface area contributed by atoms with Crippen molar-refractivity contribution in [2.45, 2.75) is 26.9 Å². The van der Waals surface area contributed by atoms with Crippen LogP contribution in [0.4, 0.5) is 0 Å². The number of aromatic nitrogens is 4. The summed E-state index contributed by atoms with van der Waals surface area (Å²) in [6, 6.07) is 0. The third-order valence-corrected chi connectivity index (χ3v) is 2.99. The molecule has 2 rings (SSSR count). The van der Waals surface area contributed by atoms with E-state index in [4.69, 9.17) is 0 Å². The van der Waals surface area contributed by atoms with Crippen molar-refractivity contribution < 1.29 is 0 Å². The maximum atomic E-state index is 4.32. The maximum Gasteiger partial charge on any atom is 0.0638 e. The summed E-state index contributed by atoms with van der Waals surface area (Å²) in [7, 11) is 3.92. The van der Waals surface area contributed by atoms with Crippen molar-refractivity contribution in [2.24, 2.45) is 14.1 Å². The van der Waals surface area contributed by atoms with Gasteiger partial charge in [-0.05, 0) is 19.4 Å². The van der Waals surface area contributed by atoms with Crippen molar-refractivity contribution in [3.63, 3.8) is 0 Å². The molecule has 0 bridgehead atoms. The average Bonchev–Trinajstić information content (AvgIpc) is 2.74. The lowest BCUT2D eigenvalue weighted by Gasteiger charge is -2.05. The molecule has 0 amide bonds. The fourth-order valence-corrected chi connectivity index (χ4v) is 1.96. The van der Waals surface area contributed by atoms with Crippen molar-refractivity contribution in [3.05, 3.63) is 34.9 Å². The van der Waals surface area contributed by atoms with E-state index < -0.39 is 0 Å². The smallest absolute Gasteiger partial charge is 0.0638 e. The number of rotatable bonds is 4. The van der Waals surface area contributed by atoms with E-state index in [0.717, 1.165) is 18.8 Å². The van der Waals surface area contributed by atoms with Gasteiger partial charge >= 0.3 is 0 Å². The normalized spacial score (nSPS) is 11.1. The van der Waals surface area contributed by atoms with Crippen molar-refractivity contribution in [1.29, 1.82) is 0 Å². The summed E-state index contributed by atoms with van der Waals surface area (Å²) in [5.41, 5.74) is 4.78. The van der Waals surface area contributed by atoms with Gasteiger partial charge < -0.3 is 5.32 Å². The third kappa shape index (κ3) is 2.55. The highest BCUT2D eigenvalue weighted by Gasteiger charge is 2.05. The van der Waals surface area contributed by atoms with Crippen LogP contribution in [-0.2, 0) is 27.2 Å². The number of aryl methyl sites for hydroxylation is 4. The molecule has 0 unspecified atom stereocenters. The molecule has 17 heavy (non-hydrogen) atoms. The highest BCUT2D eigenvalue weighted by molar-refractivity contribution is 5.17. The van der Waals surface area contributed by atoms with Gasteiger partial charge in [0, 0.05) is 38.9 Å². The molecule has 2 heterocycles. The van der Waals surface area contributed by atoms with Crippen molar-refractivity contribution in [2.75, 3.05) is 0 Å². The van der Waals surface area contributed by atoms with E-state index in [9.17, 15) is 0 Å². The van der Waals surface area contributed by atoms with E-state index >= 15 is 0 Å². The first kappa shape index (κ1) is 11.9. The van der Waals surface area contributed by atoms with Crippen LogP contribution in [0.1, 0.15) is 22.5 Å². The molecule has 0 atom stereocenters. The first-order valence-electron chi connectivity index (χ1n) is 5.75. The molecule has 5 nitrogen and oxygen atoms in total. The molecule has 5 heteroatoms. The molecule has 0 radical (unpaired) electrons. The summed E-state index contributed by atoms with van der Waals surface area (Å²) in [6.07, 6.45) is 3.95. The quantitative estimate of drug-likeness (QED) is 0.859. The van der Waals surface area contributed by atoms with Gasteiger partial charge in [0.25, 0.3) is 0 Å². The van der Waals surface area contributed by atoms with Gasteiger partial charge in [-0.3, -0.25) is 9.36 Å². The van der Waals surface area contributed by atoms with Crippen molar-refractivity contribution in [3.8, 4) is 0 Å². The second-order valence-electron chi connectivity index (χ2n) is 4.41. The third-order valence-electron chi connectivity index (χ3n) is 2.99. The monoisotopic (exact) mass is 233 g/mol. The largest absolute Gasteiger partial charge is 0.307 e. The van der Waals surface area contributed by atoms with E-state index in [-0.39, 0.29) is 0 Å². The predicted octanol–water partition coefficient (Wildman–Crippen LogP) is 1.06. The van der Waals surface area contributed by atoms with Gasteiger partial charge in [-0.25, -0.2) is 0 Å². The lowest BCUT2D eigenvalue weighted by Crippen LogP contribution is -2.16. The molecule has 92 valence electrons. The van der Waals surface area contributed by atoms with E-state index in [0.29, 0.717) is 0 Å². The Morgan fingerprint density at radius 1 is 1.24 bits per heavy atom. The maximum absolute atomic E-state index is 4.32. The summed E-state index contributed by atoms with van der Waals surface area (Å²) >= 11 is 0. The van der Waals surface area contributed by atoms with Crippen LogP contribution >= 0.6 is 0 Å². The topological polar surface area (TPSA) is 47.7 Å². The Morgan fingerprint density at radius 2 is 2.00 bits per heavy atom. The molecule has 0 aliphatic carbocycles. The first-order valence-corrected chi connectivity index (χ1v) is 5.75. The van der Waals surface area contributed by atoms with Gasteiger partial charge in [0.15, 0.2) is 0 Å². The first-order chi connectivity index (χ1) is 8.08. The Labute approximate surface area is 101 Å². The summed E-state index contributed by atoms with van der Waals surface area (Å²) in [5.74, 6) is 0. The highest BCUT2D eigenvalue weighted by Crippen LogP contribution is 2.07. The summed E-state index contributed by atoms with van der Waals surface area (Å²) < 4.78 is 3.76. The molecule has 0 aromatic carbocycles. The minimum atomic E-state index is 0.830. The predicted molar refractivity (Wildman–Crippen MR) is 66.4 cm³/mol. The molecule has 2 aromatic rings. The standard InChI is InChI=1S/C12H19N5/c1-9-5-14-17(4)12(9)7-13-6-11-8-16(3)15-10(11)2/h5,8,13H,6-7H2,1-4H3. The van der Waals surface area contributed by atoms with Crippen molar-refractivity contribution >= 4 is 0 Å². The van der Waals surface area contributed by atoms with Gasteiger partial charge in [-0.15, -0.1) is 0 Å². The lowest BCUT2D eigenvalue weighted by molar-refractivity contribution is 0.622. The fraction of sp³-hybridized carbons (Fsp3) is 0.500. The second-order valence-corrected chi connectivity index (χ2v) is 4.41. The minimum absolute atomic E-state index is 0.830. The zero-order chi connectivity index (χ0) is 12.4. The molecule has 0 fully saturated rings. The fourth-order valence-electron chi connectivity index (χ4n) is 1.96. The lowest BCUT2D eigenvalue weighted by atomic mass is 10.2. The van der Waals surface area contributed by atoms with Crippen LogP contribution < -0.4 is 5.32 Å². The molecule has 0 saturated carbocycles. The van der Waals surface area contributed by atoms with E-state index in [1.807, 2.05) is 36.6 Å². The van der Waals surface area contributed by atoms with Crippen LogP contribution in [0.5, 0.6) is 0 Å². The molecular weight excluding hydrogens is 214 g/mol. The van der Waals surface area contributed by atoms with Crippen LogP contribution in [0.3, 0.4) is 0 Å². The Hall–Kier alpha value is -1.62. The molecule has 0 spiro atoms. The van der Waals surface area contributed by atoms with Gasteiger partial charge in [0.05, 0.1) is 17.6 Å². The molecular formula is C12H19N5.